The summed E-state index contributed by atoms with van der Waals surface area (Å²) in [6, 6.07) is 0.430. The van der Waals surface area contributed by atoms with Crippen molar-refractivity contribution in [3.63, 3.8) is 0 Å². The van der Waals surface area contributed by atoms with Gasteiger partial charge in [0.15, 0.2) is 0 Å². The lowest BCUT2D eigenvalue weighted by Crippen LogP contribution is -2.19. The Morgan fingerprint density at radius 3 is 2.50 bits per heavy atom. The molecule has 0 fully saturated rings. The number of anilines is 2. The fourth-order valence-corrected chi connectivity index (χ4v) is 2.30. The van der Waals surface area contributed by atoms with Crippen LogP contribution in [0, 0.1) is 13.8 Å². The molecule has 0 bridgehead atoms. The van der Waals surface area contributed by atoms with E-state index in [1.165, 1.54) is 0 Å². The summed E-state index contributed by atoms with van der Waals surface area (Å²) in [6.45, 7) is 9.13. The molecule has 0 radical (unpaired) electrons. The van der Waals surface area contributed by atoms with Crippen LogP contribution in [0.15, 0.2) is 0 Å². The van der Waals surface area contributed by atoms with Gasteiger partial charge in [0.25, 0.3) is 0 Å². The van der Waals surface area contributed by atoms with Gasteiger partial charge >= 0.3 is 0 Å². The van der Waals surface area contributed by atoms with Crippen LogP contribution in [-0.2, 0) is 0 Å². The van der Waals surface area contributed by atoms with Crippen LogP contribution >= 0.6 is 11.8 Å². The number of hydrogen-bond acceptors (Lipinski definition) is 5. The molecule has 18 heavy (non-hydrogen) atoms. The largest absolute Gasteiger partial charge is 0.370 e. The first-order valence-corrected chi connectivity index (χ1v) is 7.82. The number of aryl methyl sites for hydroxylation is 1. The molecule has 0 saturated carbocycles. The highest BCUT2D eigenvalue weighted by Gasteiger charge is 2.10. The second-order valence-electron chi connectivity index (χ2n) is 4.45. The second-order valence-corrected chi connectivity index (χ2v) is 5.44. The normalized spacial score (nSPS) is 12.3. The summed E-state index contributed by atoms with van der Waals surface area (Å²) < 4.78 is 0. The van der Waals surface area contributed by atoms with Crippen molar-refractivity contribution in [3.05, 3.63) is 11.4 Å². The number of nitrogens with zero attached hydrogens (tertiary/aromatic N) is 2. The molecule has 1 atom stereocenters. The molecule has 1 heterocycles. The van der Waals surface area contributed by atoms with E-state index in [0.29, 0.717) is 6.04 Å². The van der Waals surface area contributed by atoms with Crippen molar-refractivity contribution in [2.45, 2.75) is 40.2 Å². The van der Waals surface area contributed by atoms with Gasteiger partial charge in [0.2, 0.25) is 0 Å². The summed E-state index contributed by atoms with van der Waals surface area (Å²) in [6.07, 6.45) is 3.27. The average Bonchev–Trinajstić information content (AvgIpc) is 2.32. The van der Waals surface area contributed by atoms with Crippen LogP contribution in [0.2, 0.25) is 0 Å². The smallest absolute Gasteiger partial charge is 0.134 e. The lowest BCUT2D eigenvalue weighted by Gasteiger charge is -2.18. The van der Waals surface area contributed by atoms with E-state index in [4.69, 9.17) is 0 Å². The minimum Gasteiger partial charge on any atom is -0.370 e. The zero-order chi connectivity index (χ0) is 13.5. The molecule has 0 aromatic carbocycles. The molecule has 1 aromatic heterocycles. The molecule has 1 aromatic rings. The predicted octanol–water partition coefficient (Wildman–Crippen LogP) is 3.08. The molecule has 0 aliphatic heterocycles. The van der Waals surface area contributed by atoms with Crippen molar-refractivity contribution in [2.75, 3.05) is 29.2 Å². The highest BCUT2D eigenvalue weighted by atomic mass is 32.2. The summed E-state index contributed by atoms with van der Waals surface area (Å²) in [5.41, 5.74) is 1.10. The molecule has 2 N–H and O–H groups in total. The van der Waals surface area contributed by atoms with Gasteiger partial charge in [-0.05, 0) is 46.1 Å². The second kappa shape index (κ2) is 7.46. The first-order chi connectivity index (χ1) is 8.58. The summed E-state index contributed by atoms with van der Waals surface area (Å²) in [4.78, 5) is 8.92. The van der Waals surface area contributed by atoms with Gasteiger partial charge in [-0.15, -0.1) is 0 Å². The predicted molar refractivity (Wildman–Crippen MR) is 81.8 cm³/mol. The van der Waals surface area contributed by atoms with Gasteiger partial charge in [0.05, 0.1) is 0 Å². The van der Waals surface area contributed by atoms with Crippen LogP contribution in [-0.4, -0.2) is 34.6 Å². The van der Waals surface area contributed by atoms with E-state index in [2.05, 4.69) is 47.6 Å². The first-order valence-electron chi connectivity index (χ1n) is 6.43. The summed E-state index contributed by atoms with van der Waals surface area (Å²) in [5, 5.41) is 6.76. The number of nitrogens with one attached hydrogen (secondary N) is 2. The fourth-order valence-electron chi connectivity index (χ4n) is 1.71. The van der Waals surface area contributed by atoms with Crippen molar-refractivity contribution >= 4 is 23.4 Å². The molecule has 0 aliphatic carbocycles. The van der Waals surface area contributed by atoms with E-state index in [-0.39, 0.29) is 0 Å². The molecule has 0 amide bonds. The first kappa shape index (κ1) is 15.1. The van der Waals surface area contributed by atoms with E-state index < -0.39 is 0 Å². The third-order valence-electron chi connectivity index (χ3n) is 2.74. The maximum Gasteiger partial charge on any atom is 0.134 e. The molecule has 4 nitrogen and oxygen atoms in total. The monoisotopic (exact) mass is 268 g/mol. The maximum absolute atomic E-state index is 4.49. The Balaban J connectivity index is 2.81. The molecular formula is C13H24N4S. The van der Waals surface area contributed by atoms with Crippen molar-refractivity contribution in [2.24, 2.45) is 0 Å². The SMILES string of the molecule is CCNc1nc(C)nc(NC(C)CCSC)c1C. The molecule has 1 unspecified atom stereocenters. The third kappa shape index (κ3) is 4.37. The highest BCUT2D eigenvalue weighted by Crippen LogP contribution is 2.21. The molecule has 102 valence electrons. The van der Waals surface area contributed by atoms with Crippen molar-refractivity contribution in [3.8, 4) is 0 Å². The number of aromatic nitrogens is 2. The van der Waals surface area contributed by atoms with Crippen molar-refractivity contribution < 1.29 is 0 Å². The Hall–Kier alpha value is -0.970. The molecule has 5 heteroatoms. The van der Waals surface area contributed by atoms with Gasteiger partial charge in [0.1, 0.15) is 17.5 Å². The van der Waals surface area contributed by atoms with Gasteiger partial charge in [-0.25, -0.2) is 9.97 Å². The molecule has 0 spiro atoms. The van der Waals surface area contributed by atoms with Crippen molar-refractivity contribution in [1.29, 1.82) is 0 Å². The lowest BCUT2D eigenvalue weighted by atomic mass is 10.2. The van der Waals surface area contributed by atoms with Crippen LogP contribution in [0.3, 0.4) is 0 Å². The summed E-state index contributed by atoms with van der Waals surface area (Å²) in [5.74, 6) is 3.85. The topological polar surface area (TPSA) is 49.8 Å². The van der Waals surface area contributed by atoms with E-state index in [1.54, 1.807) is 0 Å². The van der Waals surface area contributed by atoms with Gasteiger partial charge < -0.3 is 10.6 Å². The average molecular weight is 268 g/mol. The Labute approximate surface area is 114 Å². The summed E-state index contributed by atoms with van der Waals surface area (Å²) in [7, 11) is 0. The Morgan fingerprint density at radius 1 is 1.22 bits per heavy atom. The van der Waals surface area contributed by atoms with Crippen molar-refractivity contribution in [1.82, 2.24) is 9.97 Å². The molecular weight excluding hydrogens is 244 g/mol. The minimum atomic E-state index is 0.430. The van der Waals surface area contributed by atoms with Gasteiger partial charge in [-0.1, -0.05) is 0 Å². The van der Waals surface area contributed by atoms with E-state index in [1.807, 2.05) is 18.7 Å². The van der Waals surface area contributed by atoms with E-state index in [9.17, 15) is 0 Å². The Bertz CT molecular complexity index is 381. The van der Waals surface area contributed by atoms with Crippen LogP contribution in [0.5, 0.6) is 0 Å². The number of rotatable bonds is 7. The van der Waals surface area contributed by atoms with Gasteiger partial charge in [-0.3, -0.25) is 0 Å². The molecule has 1 rings (SSSR count). The number of thioether (sulfide) groups is 1. The quantitative estimate of drug-likeness (QED) is 0.796. The Morgan fingerprint density at radius 2 is 1.89 bits per heavy atom. The molecule has 0 aliphatic rings. The van der Waals surface area contributed by atoms with Crippen LogP contribution in [0.25, 0.3) is 0 Å². The number of hydrogen-bond donors (Lipinski definition) is 2. The minimum absolute atomic E-state index is 0.430. The van der Waals surface area contributed by atoms with Gasteiger partial charge in [-0.2, -0.15) is 11.8 Å². The highest BCUT2D eigenvalue weighted by molar-refractivity contribution is 7.98. The fraction of sp³-hybridized carbons (Fsp3) is 0.692. The Kier molecular flexibility index (Phi) is 6.25. The van der Waals surface area contributed by atoms with E-state index >= 15 is 0 Å². The van der Waals surface area contributed by atoms with Gasteiger partial charge in [0, 0.05) is 18.2 Å². The lowest BCUT2D eigenvalue weighted by molar-refractivity contribution is 0.763. The van der Waals surface area contributed by atoms with Crippen LogP contribution in [0.1, 0.15) is 31.7 Å². The summed E-state index contributed by atoms with van der Waals surface area (Å²) >= 11 is 1.87. The van der Waals surface area contributed by atoms with Crippen LogP contribution in [0.4, 0.5) is 11.6 Å². The van der Waals surface area contributed by atoms with E-state index in [0.717, 1.165) is 41.7 Å². The molecule has 0 saturated heterocycles. The standard InChI is InChI=1S/C13H24N4S/c1-6-14-12-10(3)13(17-11(4)16-12)15-9(2)7-8-18-5/h9H,6-8H2,1-5H3,(H2,14,15,16,17). The zero-order valence-corrected chi connectivity index (χ0v) is 12.8. The third-order valence-corrected chi connectivity index (χ3v) is 3.38. The van der Waals surface area contributed by atoms with Crippen LogP contribution < -0.4 is 10.6 Å². The maximum atomic E-state index is 4.49. The zero-order valence-electron chi connectivity index (χ0n) is 12.0.